The number of benzene rings is 1. The summed E-state index contributed by atoms with van der Waals surface area (Å²) in [4.78, 5) is 16.0. The molecule has 0 aliphatic rings. The van der Waals surface area contributed by atoms with E-state index in [-0.39, 0.29) is 5.91 Å². The van der Waals surface area contributed by atoms with E-state index in [0.717, 1.165) is 17.0 Å². The summed E-state index contributed by atoms with van der Waals surface area (Å²) in [5.41, 5.74) is 2.02. The van der Waals surface area contributed by atoms with E-state index in [2.05, 4.69) is 20.5 Å². The van der Waals surface area contributed by atoms with Gasteiger partial charge in [0, 0.05) is 31.5 Å². The number of hydrogen-bond donors (Lipinski definition) is 1. The first-order valence-corrected chi connectivity index (χ1v) is 8.46. The molecule has 2 heterocycles. The van der Waals surface area contributed by atoms with Crippen LogP contribution in [-0.2, 0) is 18.4 Å². The van der Waals surface area contributed by atoms with Crippen LogP contribution >= 0.6 is 11.8 Å². The van der Waals surface area contributed by atoms with Gasteiger partial charge in [-0.25, -0.2) is 0 Å². The molecule has 0 fully saturated rings. The molecule has 24 heavy (non-hydrogen) atoms. The Morgan fingerprint density at radius 1 is 1.12 bits per heavy atom. The van der Waals surface area contributed by atoms with Crippen molar-refractivity contribution in [1.82, 2.24) is 25.1 Å². The van der Waals surface area contributed by atoms with Crippen molar-refractivity contribution in [2.45, 2.75) is 11.7 Å². The zero-order valence-electron chi connectivity index (χ0n) is 13.2. The van der Waals surface area contributed by atoms with E-state index in [9.17, 15) is 4.79 Å². The van der Waals surface area contributed by atoms with Crippen LogP contribution in [-0.4, -0.2) is 31.4 Å². The van der Waals surface area contributed by atoms with E-state index < -0.39 is 0 Å². The van der Waals surface area contributed by atoms with Crippen molar-refractivity contribution in [2.75, 3.05) is 5.75 Å². The third-order valence-corrected chi connectivity index (χ3v) is 4.46. The summed E-state index contributed by atoms with van der Waals surface area (Å²) in [5.74, 6) is 1.02. The lowest BCUT2D eigenvalue weighted by Crippen LogP contribution is -2.24. The normalized spacial score (nSPS) is 10.5. The minimum absolute atomic E-state index is 0.0303. The van der Waals surface area contributed by atoms with Crippen molar-refractivity contribution in [1.29, 1.82) is 0 Å². The maximum absolute atomic E-state index is 12.0. The molecule has 0 saturated carbocycles. The number of aromatic nitrogens is 4. The van der Waals surface area contributed by atoms with E-state index in [1.165, 1.54) is 11.8 Å². The first-order valence-electron chi connectivity index (χ1n) is 7.47. The molecule has 6 nitrogen and oxygen atoms in total. The summed E-state index contributed by atoms with van der Waals surface area (Å²) in [7, 11) is 1.89. The van der Waals surface area contributed by atoms with Gasteiger partial charge >= 0.3 is 0 Å². The molecule has 0 atom stereocenters. The van der Waals surface area contributed by atoms with Crippen molar-refractivity contribution >= 4 is 17.7 Å². The van der Waals surface area contributed by atoms with Crippen molar-refractivity contribution in [3.8, 4) is 11.4 Å². The number of thioether (sulfide) groups is 1. The molecule has 3 rings (SSSR count). The fourth-order valence-electron chi connectivity index (χ4n) is 2.17. The van der Waals surface area contributed by atoms with Crippen LogP contribution in [0.5, 0.6) is 0 Å². The lowest BCUT2D eigenvalue weighted by Gasteiger charge is -2.05. The lowest BCUT2D eigenvalue weighted by molar-refractivity contribution is -0.118. The fourth-order valence-corrected chi connectivity index (χ4v) is 2.91. The summed E-state index contributed by atoms with van der Waals surface area (Å²) in [6, 6.07) is 13.6. The molecule has 122 valence electrons. The second kappa shape index (κ2) is 7.74. The average molecular weight is 339 g/mol. The molecule has 7 heteroatoms. The van der Waals surface area contributed by atoms with Gasteiger partial charge in [-0.15, -0.1) is 10.2 Å². The van der Waals surface area contributed by atoms with E-state index in [4.69, 9.17) is 0 Å². The Bertz CT molecular complexity index is 804. The second-order valence-corrected chi connectivity index (χ2v) is 6.09. The van der Waals surface area contributed by atoms with Gasteiger partial charge in [-0.2, -0.15) is 0 Å². The molecule has 0 bridgehead atoms. The van der Waals surface area contributed by atoms with E-state index in [1.807, 2.05) is 54.1 Å². The SMILES string of the molecule is Cn1c(SCC(=O)NCc2ccccc2)nnc1-c1ccncc1. The van der Waals surface area contributed by atoms with Gasteiger partial charge in [0.1, 0.15) is 0 Å². The largest absolute Gasteiger partial charge is 0.351 e. The summed E-state index contributed by atoms with van der Waals surface area (Å²) in [6.45, 7) is 0.529. The Morgan fingerprint density at radius 2 is 1.88 bits per heavy atom. The van der Waals surface area contributed by atoms with Crippen LogP contribution in [0.4, 0.5) is 0 Å². The third kappa shape index (κ3) is 3.99. The summed E-state index contributed by atoms with van der Waals surface area (Å²) < 4.78 is 1.88. The molecule has 1 aromatic carbocycles. The van der Waals surface area contributed by atoms with Gasteiger partial charge in [0.05, 0.1) is 5.75 Å². The van der Waals surface area contributed by atoms with E-state index in [0.29, 0.717) is 17.5 Å². The molecular weight excluding hydrogens is 322 g/mol. The number of carbonyl (C=O) groups is 1. The molecule has 0 radical (unpaired) electrons. The Kier molecular flexibility index (Phi) is 5.22. The maximum atomic E-state index is 12.0. The Balaban J connectivity index is 1.55. The summed E-state index contributed by atoms with van der Waals surface area (Å²) in [6.07, 6.45) is 3.43. The van der Waals surface area contributed by atoms with Crippen molar-refractivity contribution in [3.63, 3.8) is 0 Å². The molecule has 0 saturated heterocycles. The molecule has 0 aliphatic carbocycles. The van der Waals surface area contributed by atoms with Crippen molar-refractivity contribution < 1.29 is 4.79 Å². The number of carbonyl (C=O) groups excluding carboxylic acids is 1. The smallest absolute Gasteiger partial charge is 0.230 e. The van der Waals surface area contributed by atoms with Crippen LogP contribution < -0.4 is 5.32 Å². The second-order valence-electron chi connectivity index (χ2n) is 5.15. The predicted molar refractivity (Wildman–Crippen MR) is 93.2 cm³/mol. The lowest BCUT2D eigenvalue weighted by atomic mass is 10.2. The van der Waals surface area contributed by atoms with Crippen LogP contribution in [0.3, 0.4) is 0 Å². The minimum Gasteiger partial charge on any atom is -0.351 e. The predicted octanol–water partition coefficient (Wildman–Crippen LogP) is 2.29. The molecule has 3 aromatic rings. The van der Waals surface area contributed by atoms with Gasteiger partial charge in [0.25, 0.3) is 0 Å². The quantitative estimate of drug-likeness (QED) is 0.698. The molecule has 0 unspecified atom stereocenters. The zero-order valence-corrected chi connectivity index (χ0v) is 14.0. The third-order valence-electron chi connectivity index (χ3n) is 3.44. The Morgan fingerprint density at radius 3 is 2.62 bits per heavy atom. The monoisotopic (exact) mass is 339 g/mol. The number of nitrogens with one attached hydrogen (secondary N) is 1. The standard InChI is InChI=1S/C17H17N5OS/c1-22-16(14-7-9-18-10-8-14)20-21-17(22)24-12-15(23)19-11-13-5-3-2-4-6-13/h2-10H,11-12H2,1H3,(H,19,23). The highest BCUT2D eigenvalue weighted by molar-refractivity contribution is 7.99. The molecular formula is C17H17N5OS. The van der Waals surface area contributed by atoms with Gasteiger partial charge in [0.15, 0.2) is 11.0 Å². The first-order chi connectivity index (χ1) is 11.7. The number of pyridine rings is 1. The molecule has 0 aliphatic heterocycles. The van der Waals surface area contributed by atoms with Gasteiger partial charge in [-0.1, -0.05) is 42.1 Å². The molecule has 1 amide bonds. The van der Waals surface area contributed by atoms with Gasteiger partial charge in [-0.3, -0.25) is 9.78 Å². The molecule has 0 spiro atoms. The topological polar surface area (TPSA) is 72.7 Å². The number of hydrogen-bond acceptors (Lipinski definition) is 5. The molecule has 2 aromatic heterocycles. The van der Waals surface area contributed by atoms with Crippen LogP contribution in [0, 0.1) is 0 Å². The van der Waals surface area contributed by atoms with E-state index in [1.54, 1.807) is 12.4 Å². The number of nitrogens with zero attached hydrogens (tertiary/aromatic N) is 4. The fraction of sp³-hybridized carbons (Fsp3) is 0.176. The van der Waals surface area contributed by atoms with Gasteiger partial charge in [-0.05, 0) is 17.7 Å². The van der Waals surface area contributed by atoms with Crippen molar-refractivity contribution in [2.24, 2.45) is 7.05 Å². The summed E-state index contributed by atoms with van der Waals surface area (Å²) >= 11 is 1.37. The highest BCUT2D eigenvalue weighted by atomic mass is 32.2. The molecule has 1 N–H and O–H groups in total. The van der Waals surface area contributed by atoms with Crippen LogP contribution in [0.25, 0.3) is 11.4 Å². The van der Waals surface area contributed by atoms with E-state index >= 15 is 0 Å². The summed E-state index contributed by atoms with van der Waals surface area (Å²) in [5, 5.41) is 12.0. The van der Waals surface area contributed by atoms with Gasteiger partial charge < -0.3 is 9.88 Å². The van der Waals surface area contributed by atoms with Crippen LogP contribution in [0.2, 0.25) is 0 Å². The van der Waals surface area contributed by atoms with Crippen LogP contribution in [0.15, 0.2) is 60.0 Å². The van der Waals surface area contributed by atoms with Crippen molar-refractivity contribution in [3.05, 3.63) is 60.4 Å². The van der Waals surface area contributed by atoms with Gasteiger partial charge in [0.2, 0.25) is 5.91 Å². The highest BCUT2D eigenvalue weighted by Crippen LogP contribution is 2.21. The number of amides is 1. The maximum Gasteiger partial charge on any atom is 0.230 e. The number of rotatable bonds is 6. The average Bonchev–Trinajstić information content (AvgIpc) is 3.00. The Hall–Kier alpha value is -2.67. The minimum atomic E-state index is -0.0303. The zero-order chi connectivity index (χ0) is 16.8. The van der Waals surface area contributed by atoms with Crippen LogP contribution in [0.1, 0.15) is 5.56 Å². The highest BCUT2D eigenvalue weighted by Gasteiger charge is 2.12. The first kappa shape index (κ1) is 16.2. The Labute approximate surface area is 144 Å².